The normalized spacial score (nSPS) is 16.4. The average Bonchev–Trinajstić information content (AvgIpc) is 3.01. The number of esters is 1. The topological polar surface area (TPSA) is 47.0 Å². The Morgan fingerprint density at radius 3 is 2.78 bits per heavy atom. The predicted octanol–water partition coefficient (Wildman–Crippen LogP) is 3.27. The zero-order chi connectivity index (χ0) is 16.6. The number of fused-ring (bicyclic) bond motifs is 1. The lowest BCUT2D eigenvalue weighted by Gasteiger charge is -2.12. The van der Waals surface area contributed by atoms with E-state index < -0.39 is 11.6 Å². The van der Waals surface area contributed by atoms with E-state index in [4.69, 9.17) is 17.0 Å². The number of carbonyl (C=O) groups excluding carboxylic acids is 1. The van der Waals surface area contributed by atoms with Crippen molar-refractivity contribution in [3.63, 3.8) is 0 Å². The number of nitrogens with zero attached hydrogens (tertiary/aromatic N) is 1. The van der Waals surface area contributed by atoms with E-state index in [0.29, 0.717) is 30.0 Å². The molecule has 0 bridgehead atoms. The SMILES string of the molecule is CCOC(=O)Cc1[nH]c(=S)n2c1C[C@H](c1c(F)cccc1F)C2. The number of nitrogens with one attached hydrogen (secondary N) is 1. The minimum absolute atomic E-state index is 0.0757. The molecule has 1 aliphatic rings. The highest BCUT2D eigenvalue weighted by atomic mass is 32.1. The van der Waals surface area contributed by atoms with Crippen molar-refractivity contribution in [1.82, 2.24) is 9.55 Å². The van der Waals surface area contributed by atoms with E-state index in [-0.39, 0.29) is 23.9 Å². The molecule has 2 heterocycles. The summed E-state index contributed by atoms with van der Waals surface area (Å²) in [6.45, 7) is 2.44. The van der Waals surface area contributed by atoms with Gasteiger partial charge in [0.2, 0.25) is 0 Å². The first-order valence-corrected chi connectivity index (χ1v) is 7.82. The number of halogens is 2. The van der Waals surface area contributed by atoms with Crippen LogP contribution < -0.4 is 0 Å². The van der Waals surface area contributed by atoms with Crippen molar-refractivity contribution < 1.29 is 18.3 Å². The van der Waals surface area contributed by atoms with E-state index >= 15 is 0 Å². The second-order valence-corrected chi connectivity index (χ2v) is 5.87. The summed E-state index contributed by atoms with van der Waals surface area (Å²) in [5.41, 5.74) is 1.55. The molecule has 1 aromatic carbocycles. The van der Waals surface area contributed by atoms with Crippen LogP contribution in [-0.2, 0) is 28.9 Å². The van der Waals surface area contributed by atoms with Gasteiger partial charge in [0.05, 0.1) is 13.0 Å². The molecule has 7 heteroatoms. The van der Waals surface area contributed by atoms with Gasteiger partial charge in [0.25, 0.3) is 0 Å². The molecular formula is C16H16F2N2O2S. The fourth-order valence-electron chi connectivity index (χ4n) is 3.10. The molecule has 1 atom stereocenters. The summed E-state index contributed by atoms with van der Waals surface area (Å²) < 4.78 is 35.2. The molecule has 0 unspecified atom stereocenters. The number of ether oxygens (including phenoxy) is 1. The van der Waals surface area contributed by atoms with Gasteiger partial charge < -0.3 is 14.3 Å². The number of rotatable bonds is 4. The Hall–Kier alpha value is -2.02. The molecule has 0 spiro atoms. The summed E-state index contributed by atoms with van der Waals surface area (Å²) in [4.78, 5) is 14.7. The van der Waals surface area contributed by atoms with Gasteiger partial charge in [-0.3, -0.25) is 4.79 Å². The summed E-state index contributed by atoms with van der Waals surface area (Å²) in [5.74, 6) is -1.79. The molecule has 122 valence electrons. The first-order valence-electron chi connectivity index (χ1n) is 7.41. The fourth-order valence-corrected chi connectivity index (χ4v) is 3.40. The summed E-state index contributed by atoms with van der Waals surface area (Å²) >= 11 is 5.25. The number of imidazole rings is 1. The van der Waals surface area contributed by atoms with Crippen molar-refractivity contribution in [3.05, 3.63) is 51.6 Å². The van der Waals surface area contributed by atoms with Crippen molar-refractivity contribution in [2.24, 2.45) is 0 Å². The van der Waals surface area contributed by atoms with E-state index in [9.17, 15) is 13.6 Å². The maximum Gasteiger partial charge on any atom is 0.311 e. The predicted molar refractivity (Wildman–Crippen MR) is 82.8 cm³/mol. The van der Waals surface area contributed by atoms with Gasteiger partial charge in [-0.25, -0.2) is 8.78 Å². The molecule has 2 aromatic rings. The summed E-state index contributed by atoms with van der Waals surface area (Å²) in [6.07, 6.45) is 0.506. The van der Waals surface area contributed by atoms with Crippen LogP contribution in [0.25, 0.3) is 0 Å². The fraction of sp³-hybridized carbons (Fsp3) is 0.375. The van der Waals surface area contributed by atoms with Gasteiger partial charge in [-0.05, 0) is 37.7 Å². The zero-order valence-electron chi connectivity index (χ0n) is 12.6. The Balaban J connectivity index is 1.90. The molecule has 0 radical (unpaired) electrons. The zero-order valence-corrected chi connectivity index (χ0v) is 13.4. The maximum absolute atomic E-state index is 14.0. The van der Waals surface area contributed by atoms with Gasteiger partial charge >= 0.3 is 5.97 Å². The molecule has 1 aliphatic heterocycles. The van der Waals surface area contributed by atoms with Gasteiger partial charge in [0.1, 0.15) is 11.6 Å². The summed E-state index contributed by atoms with van der Waals surface area (Å²) in [5, 5.41) is 0. The third-order valence-electron chi connectivity index (χ3n) is 4.05. The van der Waals surface area contributed by atoms with Crippen molar-refractivity contribution in [2.75, 3.05) is 6.61 Å². The Bertz CT molecular complexity index is 793. The summed E-state index contributed by atoms with van der Waals surface area (Å²) in [6, 6.07) is 3.86. The number of H-pyrrole nitrogens is 1. The van der Waals surface area contributed by atoms with Crippen LogP contribution in [0.5, 0.6) is 0 Å². The minimum atomic E-state index is -0.553. The van der Waals surface area contributed by atoms with Crippen molar-refractivity contribution >= 4 is 18.2 Å². The van der Waals surface area contributed by atoms with Gasteiger partial charge in [0.15, 0.2) is 4.77 Å². The van der Waals surface area contributed by atoms with Crippen LogP contribution in [0.4, 0.5) is 8.78 Å². The standard InChI is InChI=1S/C16H16F2N2O2S/c1-2-22-14(21)7-12-13-6-9(8-20(13)16(23)19-12)15-10(17)4-3-5-11(15)18/h3-5,9H,2,6-8H2,1H3,(H,19,23)/t9-/m0/s1. The van der Waals surface area contributed by atoms with E-state index in [2.05, 4.69) is 4.98 Å². The number of carbonyl (C=O) groups is 1. The molecule has 4 nitrogen and oxygen atoms in total. The largest absolute Gasteiger partial charge is 0.466 e. The second kappa shape index (κ2) is 6.23. The van der Waals surface area contributed by atoms with Crippen LogP contribution in [0.3, 0.4) is 0 Å². The number of aromatic amines is 1. The highest BCUT2D eigenvalue weighted by Gasteiger charge is 2.31. The molecule has 0 saturated heterocycles. The van der Waals surface area contributed by atoms with E-state index in [1.807, 2.05) is 0 Å². The molecular weight excluding hydrogens is 322 g/mol. The lowest BCUT2D eigenvalue weighted by Crippen LogP contribution is -2.10. The first kappa shape index (κ1) is 15.9. The van der Waals surface area contributed by atoms with Crippen molar-refractivity contribution in [2.45, 2.75) is 32.2 Å². The van der Waals surface area contributed by atoms with Crippen LogP contribution in [0.1, 0.15) is 29.8 Å². The third kappa shape index (κ3) is 2.93. The first-order chi connectivity index (χ1) is 11.0. The van der Waals surface area contributed by atoms with Crippen LogP contribution in [-0.4, -0.2) is 22.1 Å². The lowest BCUT2D eigenvalue weighted by atomic mass is 9.95. The van der Waals surface area contributed by atoms with E-state index in [1.54, 1.807) is 11.5 Å². The summed E-state index contributed by atoms with van der Waals surface area (Å²) in [7, 11) is 0. The van der Waals surface area contributed by atoms with Crippen LogP contribution in [0.2, 0.25) is 0 Å². The smallest absolute Gasteiger partial charge is 0.311 e. The van der Waals surface area contributed by atoms with Gasteiger partial charge in [0, 0.05) is 29.4 Å². The molecule has 3 rings (SSSR count). The Morgan fingerprint density at radius 1 is 1.43 bits per heavy atom. The molecule has 0 amide bonds. The number of hydrogen-bond acceptors (Lipinski definition) is 3. The van der Waals surface area contributed by atoms with Gasteiger partial charge in [-0.2, -0.15) is 0 Å². The third-order valence-corrected chi connectivity index (χ3v) is 4.38. The van der Waals surface area contributed by atoms with Crippen LogP contribution in [0, 0.1) is 16.4 Å². The Labute approximate surface area is 137 Å². The highest BCUT2D eigenvalue weighted by molar-refractivity contribution is 7.71. The average molecular weight is 338 g/mol. The monoisotopic (exact) mass is 338 g/mol. The Kier molecular flexibility index (Phi) is 4.30. The Morgan fingerprint density at radius 2 is 2.13 bits per heavy atom. The van der Waals surface area contributed by atoms with E-state index in [0.717, 1.165) is 5.69 Å². The molecule has 0 fully saturated rings. The number of hydrogen-bond donors (Lipinski definition) is 1. The lowest BCUT2D eigenvalue weighted by molar-refractivity contribution is -0.142. The molecule has 0 aliphatic carbocycles. The highest BCUT2D eigenvalue weighted by Crippen LogP contribution is 2.34. The number of benzene rings is 1. The van der Waals surface area contributed by atoms with Gasteiger partial charge in [-0.1, -0.05) is 6.07 Å². The quantitative estimate of drug-likeness (QED) is 0.687. The van der Waals surface area contributed by atoms with Crippen LogP contribution >= 0.6 is 12.2 Å². The maximum atomic E-state index is 14.0. The molecule has 0 saturated carbocycles. The number of aromatic nitrogens is 2. The van der Waals surface area contributed by atoms with Gasteiger partial charge in [-0.15, -0.1) is 0 Å². The van der Waals surface area contributed by atoms with Crippen LogP contribution in [0.15, 0.2) is 18.2 Å². The molecule has 1 aromatic heterocycles. The van der Waals surface area contributed by atoms with E-state index in [1.165, 1.54) is 18.2 Å². The van der Waals surface area contributed by atoms with Crippen molar-refractivity contribution in [1.29, 1.82) is 0 Å². The van der Waals surface area contributed by atoms with Crippen molar-refractivity contribution in [3.8, 4) is 0 Å². The minimum Gasteiger partial charge on any atom is -0.466 e. The molecule has 1 N–H and O–H groups in total. The second-order valence-electron chi connectivity index (χ2n) is 5.48. The molecule has 23 heavy (non-hydrogen) atoms.